The molecule has 0 aliphatic heterocycles. The van der Waals surface area contributed by atoms with Crippen molar-refractivity contribution in [2.24, 2.45) is 0 Å². The molecule has 0 saturated carbocycles. The summed E-state index contributed by atoms with van der Waals surface area (Å²) in [6.45, 7) is 0. The fourth-order valence-corrected chi connectivity index (χ4v) is 0. The Balaban J connectivity index is -0.0000000910. The molecular weight excluding hydrogens is 363 g/mol. The minimum atomic E-state index is -4.67. The van der Waals surface area contributed by atoms with E-state index in [9.17, 15) is 0 Å². The third-order valence-electron chi connectivity index (χ3n) is 0. The van der Waals surface area contributed by atoms with Gasteiger partial charge in [0.15, 0.2) is 0 Å². The molecule has 0 aromatic rings. The van der Waals surface area contributed by atoms with Crippen molar-refractivity contribution in [2.75, 3.05) is 0 Å². The van der Waals surface area contributed by atoms with Crippen LogP contribution in [0.2, 0.25) is 0 Å². The van der Waals surface area contributed by atoms with Crippen LogP contribution in [0.1, 0.15) is 0 Å². The predicted octanol–water partition coefficient (Wildman–Crippen LogP) is -0.811. The van der Waals surface area contributed by atoms with Crippen molar-refractivity contribution >= 4 is 43.9 Å². The van der Waals surface area contributed by atoms with Crippen LogP contribution in [0.4, 0.5) is 4.79 Å². The average Bonchev–Trinajstić information content (AvgIpc) is 1.19. The molecule has 0 rings (SSSR count). The van der Waals surface area contributed by atoms with Crippen LogP contribution in [0, 0.1) is 0 Å². The van der Waals surface area contributed by atoms with Gasteiger partial charge < -0.3 is 10.2 Å². The van der Waals surface area contributed by atoms with Crippen LogP contribution in [0.15, 0.2) is 0 Å². The third-order valence-corrected chi connectivity index (χ3v) is 0. The van der Waals surface area contributed by atoms with Gasteiger partial charge in [0.2, 0.25) is 0 Å². The number of carbonyl (C=O) groups is 1. The van der Waals surface area contributed by atoms with Gasteiger partial charge in [-0.15, -0.1) is 0 Å². The molecule has 0 aliphatic carbocycles. The molecule has 0 heterocycles. The zero-order valence-corrected chi connectivity index (χ0v) is 9.13. The summed E-state index contributed by atoms with van der Waals surface area (Å²) < 4.78 is 31.6. The maximum atomic E-state index is 8.74. The molecule has 0 amide bonds. The zero-order chi connectivity index (χ0) is 8.08. The molecule has 0 bridgehead atoms. The maximum Gasteiger partial charge on any atom is 0.503 e. The normalized spacial score (nSPS) is 8.20. The summed E-state index contributed by atoms with van der Waals surface area (Å²) in [5.41, 5.74) is 0. The van der Waals surface area contributed by atoms with Gasteiger partial charge in [-0.2, -0.15) is 8.42 Å². The van der Waals surface area contributed by atoms with Gasteiger partial charge in [-0.1, -0.05) is 0 Å². The third kappa shape index (κ3) is 104000. The van der Waals surface area contributed by atoms with Crippen LogP contribution < -0.4 is 0 Å². The minimum absolute atomic E-state index is 0. The Morgan fingerprint density at radius 3 is 1.10 bits per heavy atom. The van der Waals surface area contributed by atoms with E-state index >= 15 is 0 Å². The second-order valence-electron chi connectivity index (χ2n) is 0.730. The van der Waals surface area contributed by atoms with E-state index in [4.69, 9.17) is 32.5 Å². The standard InChI is InChI=1S/CH2O3.H2O4S.Pb/c2-1(3)4;1-5(2,3)4;/h(H2,2,3,4);(H2,1,2,3,4);. The minimum Gasteiger partial charge on any atom is -0.450 e. The molecule has 10 heavy (non-hydrogen) atoms. The molecule has 9 heteroatoms. The monoisotopic (exact) mass is 368 g/mol. The summed E-state index contributed by atoms with van der Waals surface area (Å²) in [5.74, 6) is 0. The van der Waals surface area contributed by atoms with Crippen LogP contribution in [-0.4, -0.2) is 61.2 Å². The van der Waals surface area contributed by atoms with Crippen LogP contribution in [0.3, 0.4) is 0 Å². The Kier molecular flexibility index (Phi) is 11.9. The molecule has 4 N–H and O–H groups in total. The van der Waals surface area contributed by atoms with Crippen LogP contribution >= 0.6 is 0 Å². The number of carboxylic acid groups (broad SMARTS) is 2. The zero-order valence-electron chi connectivity index (χ0n) is 4.42. The smallest absolute Gasteiger partial charge is 0.450 e. The molecule has 7 nitrogen and oxygen atoms in total. The second kappa shape index (κ2) is 7.17. The van der Waals surface area contributed by atoms with Gasteiger partial charge in [-0.3, -0.25) is 9.11 Å². The molecule has 60 valence electrons. The van der Waals surface area contributed by atoms with Gasteiger partial charge in [0.05, 0.1) is 0 Å². The molecule has 0 aliphatic rings. The first-order chi connectivity index (χ1) is 3.73. The molecule has 0 spiro atoms. The predicted molar refractivity (Wildman–Crippen MR) is 30.6 cm³/mol. The Bertz CT molecular complexity index is 156. The Hall–Kier alpha value is 0.0621. The number of hydrogen-bond acceptors (Lipinski definition) is 3. The molecule has 0 fully saturated rings. The van der Waals surface area contributed by atoms with Crippen molar-refractivity contribution in [2.45, 2.75) is 0 Å². The number of rotatable bonds is 0. The van der Waals surface area contributed by atoms with E-state index in [-0.39, 0.29) is 27.3 Å². The molecule has 0 aromatic carbocycles. The van der Waals surface area contributed by atoms with E-state index in [0.717, 1.165) is 0 Å². The van der Waals surface area contributed by atoms with Crippen LogP contribution in [0.5, 0.6) is 0 Å². The second-order valence-corrected chi connectivity index (χ2v) is 1.63. The summed E-state index contributed by atoms with van der Waals surface area (Å²) in [7, 11) is -4.67. The Morgan fingerprint density at radius 1 is 1.10 bits per heavy atom. The molecule has 0 atom stereocenters. The van der Waals surface area contributed by atoms with E-state index in [1.54, 1.807) is 0 Å². The van der Waals surface area contributed by atoms with E-state index in [0.29, 0.717) is 0 Å². The van der Waals surface area contributed by atoms with Gasteiger partial charge in [-0.05, 0) is 0 Å². The van der Waals surface area contributed by atoms with Gasteiger partial charge >= 0.3 is 16.6 Å². The van der Waals surface area contributed by atoms with Gasteiger partial charge in [-0.25, -0.2) is 4.79 Å². The molecule has 0 unspecified atom stereocenters. The van der Waals surface area contributed by atoms with E-state index in [1.807, 2.05) is 0 Å². The van der Waals surface area contributed by atoms with Crippen molar-refractivity contribution in [1.29, 1.82) is 0 Å². The first kappa shape index (κ1) is 16.6. The van der Waals surface area contributed by atoms with E-state index in [2.05, 4.69) is 0 Å². The van der Waals surface area contributed by atoms with Crippen molar-refractivity contribution in [3.05, 3.63) is 0 Å². The van der Waals surface area contributed by atoms with Crippen molar-refractivity contribution in [3.63, 3.8) is 0 Å². The van der Waals surface area contributed by atoms with Gasteiger partial charge in [0, 0.05) is 27.3 Å². The molecule has 0 saturated heterocycles. The SMILES string of the molecule is O=C(O)O.O=S(=O)(O)O.[Pb]. The fraction of sp³-hybridized carbons (Fsp3) is 0. The Morgan fingerprint density at radius 2 is 1.10 bits per heavy atom. The molecule has 0 aromatic heterocycles. The molecular formula is CH4O7PbS. The quantitative estimate of drug-likeness (QED) is 0.325. The summed E-state index contributed by atoms with van der Waals surface area (Å²) in [6, 6.07) is 0. The topological polar surface area (TPSA) is 132 Å². The summed E-state index contributed by atoms with van der Waals surface area (Å²) in [5, 5.41) is 13.9. The van der Waals surface area contributed by atoms with Crippen LogP contribution in [-0.2, 0) is 10.4 Å². The Labute approximate surface area is 76.4 Å². The average molecular weight is 367 g/mol. The van der Waals surface area contributed by atoms with Gasteiger partial charge in [0.25, 0.3) is 0 Å². The number of hydrogen-bond donors (Lipinski definition) is 4. The molecule has 4 radical (unpaired) electrons. The summed E-state index contributed by atoms with van der Waals surface area (Å²) >= 11 is 0. The van der Waals surface area contributed by atoms with Crippen molar-refractivity contribution in [1.82, 2.24) is 0 Å². The van der Waals surface area contributed by atoms with Crippen molar-refractivity contribution < 1.29 is 32.5 Å². The van der Waals surface area contributed by atoms with E-state index in [1.165, 1.54) is 0 Å². The summed E-state index contributed by atoms with van der Waals surface area (Å²) in [6.07, 6.45) is -1.83. The summed E-state index contributed by atoms with van der Waals surface area (Å²) in [4.78, 5) is 8.56. The van der Waals surface area contributed by atoms with E-state index < -0.39 is 16.6 Å². The fourth-order valence-electron chi connectivity index (χ4n) is 0. The first-order valence-corrected chi connectivity index (χ1v) is 2.75. The van der Waals surface area contributed by atoms with Crippen LogP contribution in [0.25, 0.3) is 0 Å². The first-order valence-electron chi connectivity index (χ1n) is 1.35. The largest absolute Gasteiger partial charge is 0.503 e. The van der Waals surface area contributed by atoms with Crippen molar-refractivity contribution in [3.8, 4) is 0 Å². The van der Waals surface area contributed by atoms with Gasteiger partial charge in [0.1, 0.15) is 0 Å². The maximum absolute atomic E-state index is 8.74.